The molecule has 0 heterocycles. The van der Waals surface area contributed by atoms with Crippen molar-refractivity contribution in [3.05, 3.63) is 6.73 Å². The van der Waals surface area contributed by atoms with Gasteiger partial charge in [-0.05, 0) is 6.54 Å². The van der Waals surface area contributed by atoms with Crippen LogP contribution in [0.15, 0.2) is 0 Å². The van der Waals surface area contributed by atoms with E-state index in [0.29, 0.717) is 72.2 Å². The smallest absolute Gasteiger partial charge is 0.134 e. The summed E-state index contributed by atoms with van der Waals surface area (Å²) in [6.45, 7) is 7.36. The minimum absolute atomic E-state index is 0. The van der Waals surface area contributed by atoms with E-state index in [1.807, 2.05) is 6.92 Å². The summed E-state index contributed by atoms with van der Waals surface area (Å²) in [6, 6.07) is 0. The SMILES string of the molecule is CCC(=O)CCOCCOCCOCCOCCN[CH-]O.[Re]. The molecule has 0 aromatic rings. The number of nitrogens with one attached hydrogen (secondary N) is 1. The molecule has 0 aromatic heterocycles. The molecule has 1 radical (unpaired) electrons. The van der Waals surface area contributed by atoms with Crippen molar-refractivity contribution in [1.29, 1.82) is 0 Å². The molecule has 0 spiro atoms. The number of hydrogen-bond donors (Lipinski definition) is 2. The second kappa shape index (κ2) is 21.1. The minimum Gasteiger partial charge on any atom is -0.551 e. The third-order valence-corrected chi connectivity index (χ3v) is 2.52. The number of hydrogen-bond acceptors (Lipinski definition) is 7. The van der Waals surface area contributed by atoms with E-state index in [-0.39, 0.29) is 26.2 Å². The van der Waals surface area contributed by atoms with E-state index in [4.69, 9.17) is 24.1 Å². The number of carbonyl (C=O) groups is 1. The monoisotopic (exact) mass is 493 g/mol. The summed E-state index contributed by atoms with van der Waals surface area (Å²) in [4.78, 5) is 11.0. The predicted molar refractivity (Wildman–Crippen MR) is 77.4 cm³/mol. The molecule has 22 heavy (non-hydrogen) atoms. The fraction of sp³-hybridized carbons (Fsp3) is 0.857. The second-order valence-corrected chi connectivity index (χ2v) is 4.17. The first-order chi connectivity index (χ1) is 10.3. The van der Waals surface area contributed by atoms with Gasteiger partial charge in [0.15, 0.2) is 0 Å². The molecule has 0 unspecified atom stereocenters. The molecular formula is C14H28NO6Re-. The zero-order valence-electron chi connectivity index (χ0n) is 13.2. The number of aliphatic hydroxyl groups is 1. The van der Waals surface area contributed by atoms with E-state index in [2.05, 4.69) is 5.32 Å². The quantitative estimate of drug-likeness (QED) is 0.226. The van der Waals surface area contributed by atoms with Gasteiger partial charge in [0.25, 0.3) is 0 Å². The van der Waals surface area contributed by atoms with Crippen molar-refractivity contribution in [2.75, 3.05) is 59.4 Å². The number of Topliss-reactive ketones (excluding diaryl/α,β-unsaturated/α-hetero) is 1. The molecule has 0 bridgehead atoms. The van der Waals surface area contributed by atoms with E-state index in [9.17, 15) is 4.79 Å². The van der Waals surface area contributed by atoms with Gasteiger partial charge in [0.05, 0.1) is 52.9 Å². The topological polar surface area (TPSA) is 86.3 Å². The van der Waals surface area contributed by atoms with Crippen molar-refractivity contribution in [2.24, 2.45) is 0 Å². The van der Waals surface area contributed by atoms with E-state index < -0.39 is 0 Å². The summed E-state index contributed by atoms with van der Waals surface area (Å²) in [6.07, 6.45) is 1.04. The molecular weight excluding hydrogens is 464 g/mol. The standard InChI is InChI=1S/C14H28NO6.Re/c1-2-14(17)3-5-18-7-9-20-11-12-21-10-8-19-6-4-15-13-16;/h13,15-16H,2-12H2,1H3;/q-1;. The van der Waals surface area contributed by atoms with Crippen LogP contribution in [0.1, 0.15) is 19.8 Å². The van der Waals surface area contributed by atoms with E-state index in [1.165, 1.54) is 0 Å². The number of ether oxygens (including phenoxy) is 4. The van der Waals surface area contributed by atoms with Crippen LogP contribution < -0.4 is 5.32 Å². The van der Waals surface area contributed by atoms with E-state index in [1.54, 1.807) is 0 Å². The Morgan fingerprint density at radius 2 is 1.36 bits per heavy atom. The van der Waals surface area contributed by atoms with Crippen molar-refractivity contribution < 1.29 is 49.3 Å². The van der Waals surface area contributed by atoms with Crippen molar-refractivity contribution in [1.82, 2.24) is 5.32 Å². The van der Waals surface area contributed by atoms with Crippen molar-refractivity contribution in [3.63, 3.8) is 0 Å². The summed E-state index contributed by atoms with van der Waals surface area (Å²) in [5, 5.41) is 11.0. The maximum absolute atomic E-state index is 11.0. The first-order valence-electron chi connectivity index (χ1n) is 7.33. The predicted octanol–water partition coefficient (Wildman–Crippen LogP) is 0.501. The molecule has 133 valence electrons. The Hall–Kier alpha value is 0.0923. The zero-order valence-corrected chi connectivity index (χ0v) is 15.9. The molecule has 0 aliphatic carbocycles. The maximum Gasteiger partial charge on any atom is 0.134 e. The summed E-state index contributed by atoms with van der Waals surface area (Å²) in [7, 11) is 0. The molecule has 0 atom stereocenters. The number of carbonyl (C=O) groups excluding carboxylic acids is 1. The molecule has 0 rings (SSSR count). The van der Waals surface area contributed by atoms with Gasteiger partial charge in [-0.2, -0.15) is 6.73 Å². The Bertz CT molecular complexity index is 233. The fourth-order valence-corrected chi connectivity index (χ4v) is 1.32. The molecule has 0 aliphatic rings. The van der Waals surface area contributed by atoms with Crippen molar-refractivity contribution >= 4 is 5.78 Å². The fourth-order valence-electron chi connectivity index (χ4n) is 1.32. The Balaban J connectivity index is 0. The largest absolute Gasteiger partial charge is 0.551 e. The molecule has 0 amide bonds. The average Bonchev–Trinajstić information content (AvgIpc) is 2.50. The number of ketones is 1. The summed E-state index contributed by atoms with van der Waals surface area (Å²) >= 11 is 0. The van der Waals surface area contributed by atoms with Gasteiger partial charge in [-0.15, -0.1) is 0 Å². The van der Waals surface area contributed by atoms with Crippen LogP contribution in [-0.2, 0) is 44.2 Å². The molecule has 0 aliphatic heterocycles. The van der Waals surface area contributed by atoms with Gasteiger partial charge in [-0.3, -0.25) is 4.79 Å². The van der Waals surface area contributed by atoms with Crippen LogP contribution in [0, 0.1) is 6.73 Å². The normalized spacial score (nSPS) is 10.5. The van der Waals surface area contributed by atoms with Gasteiger partial charge in [0.1, 0.15) is 5.78 Å². The third-order valence-electron chi connectivity index (χ3n) is 2.52. The average molecular weight is 493 g/mol. The van der Waals surface area contributed by atoms with E-state index in [0.717, 1.165) is 6.73 Å². The summed E-state index contributed by atoms with van der Waals surface area (Å²) in [5.74, 6) is 0.219. The van der Waals surface area contributed by atoms with Crippen LogP contribution in [-0.4, -0.2) is 70.3 Å². The summed E-state index contributed by atoms with van der Waals surface area (Å²) in [5.41, 5.74) is 0. The van der Waals surface area contributed by atoms with Gasteiger partial charge >= 0.3 is 0 Å². The van der Waals surface area contributed by atoms with Gasteiger partial charge in [-0.25, -0.2) is 0 Å². The first kappa shape index (κ1) is 24.3. The molecule has 0 aromatic carbocycles. The van der Waals surface area contributed by atoms with Gasteiger partial charge < -0.3 is 29.4 Å². The number of aliphatic hydroxyl groups excluding tert-OH is 1. The Labute approximate surface area is 146 Å². The van der Waals surface area contributed by atoms with Crippen molar-refractivity contribution in [2.45, 2.75) is 19.8 Å². The first-order valence-corrected chi connectivity index (χ1v) is 7.33. The Kier molecular flexibility index (Phi) is 23.3. The van der Waals surface area contributed by atoms with Gasteiger partial charge in [-0.1, -0.05) is 6.92 Å². The number of rotatable bonds is 17. The zero-order chi connectivity index (χ0) is 15.6. The van der Waals surface area contributed by atoms with Crippen LogP contribution in [0.3, 0.4) is 0 Å². The third kappa shape index (κ3) is 20.1. The Morgan fingerprint density at radius 1 is 0.909 bits per heavy atom. The summed E-state index contributed by atoms with van der Waals surface area (Å²) < 4.78 is 21.1. The minimum atomic E-state index is 0. The van der Waals surface area contributed by atoms with Crippen molar-refractivity contribution in [3.8, 4) is 0 Å². The van der Waals surface area contributed by atoms with Gasteiger partial charge in [0, 0.05) is 33.3 Å². The maximum atomic E-state index is 11.0. The Morgan fingerprint density at radius 3 is 1.82 bits per heavy atom. The van der Waals surface area contributed by atoms with Crippen LogP contribution in [0.4, 0.5) is 0 Å². The second-order valence-electron chi connectivity index (χ2n) is 4.17. The van der Waals surface area contributed by atoms with Gasteiger partial charge in [0.2, 0.25) is 0 Å². The molecule has 2 N–H and O–H groups in total. The molecule has 0 fully saturated rings. The molecule has 0 saturated carbocycles. The molecule has 8 heteroatoms. The molecule has 7 nitrogen and oxygen atoms in total. The van der Waals surface area contributed by atoms with E-state index >= 15 is 0 Å². The van der Waals surface area contributed by atoms with Crippen LogP contribution in [0.5, 0.6) is 0 Å². The van der Waals surface area contributed by atoms with Crippen LogP contribution in [0.2, 0.25) is 0 Å². The van der Waals surface area contributed by atoms with Crippen LogP contribution >= 0.6 is 0 Å². The van der Waals surface area contributed by atoms with Crippen LogP contribution in [0.25, 0.3) is 0 Å². The molecule has 0 saturated heterocycles.